The maximum Gasteiger partial charge on any atom is 0.119 e. The molecule has 2 heteroatoms. The maximum atomic E-state index is 5.82. The van der Waals surface area contributed by atoms with E-state index >= 15 is 0 Å². The first-order valence-electron chi connectivity index (χ1n) is 11.6. The highest BCUT2D eigenvalue weighted by atomic mass is 16.5. The van der Waals surface area contributed by atoms with E-state index in [4.69, 9.17) is 9.47 Å². The molecule has 0 bridgehead atoms. The summed E-state index contributed by atoms with van der Waals surface area (Å²) in [4.78, 5) is 0. The van der Waals surface area contributed by atoms with Crippen LogP contribution in [0.3, 0.4) is 0 Å². The minimum absolute atomic E-state index is 0.768. The lowest BCUT2D eigenvalue weighted by atomic mass is 10.0. The third-order valence-electron chi connectivity index (χ3n) is 5.51. The molecule has 4 aromatic carbocycles. The van der Waals surface area contributed by atoms with Gasteiger partial charge in [0, 0.05) is 11.1 Å². The quantitative estimate of drug-likeness (QED) is 0.213. The van der Waals surface area contributed by atoms with E-state index < -0.39 is 0 Å². The molecule has 0 spiro atoms. The lowest BCUT2D eigenvalue weighted by molar-refractivity contribution is 0.309. The fraction of sp³-hybridized carbons (Fsp3) is 0.267. The van der Waals surface area contributed by atoms with Crippen molar-refractivity contribution in [2.45, 2.75) is 39.5 Å². The van der Waals surface area contributed by atoms with Crippen LogP contribution in [0.5, 0.6) is 11.5 Å². The van der Waals surface area contributed by atoms with Gasteiger partial charge in [0.1, 0.15) is 11.5 Å². The van der Waals surface area contributed by atoms with Gasteiger partial charge in [0.2, 0.25) is 0 Å². The van der Waals surface area contributed by atoms with Crippen LogP contribution in [0.2, 0.25) is 0 Å². The number of fused-ring (bicyclic) bond motifs is 2. The van der Waals surface area contributed by atoms with Gasteiger partial charge in [-0.05, 0) is 82.9 Å². The summed E-state index contributed by atoms with van der Waals surface area (Å²) in [5.41, 5.74) is 2.02. The van der Waals surface area contributed by atoms with E-state index in [2.05, 4.69) is 86.4 Å². The predicted octanol–water partition coefficient (Wildman–Crippen LogP) is 7.75. The number of ether oxygens (including phenoxy) is 2. The van der Waals surface area contributed by atoms with E-state index in [1.54, 1.807) is 0 Å². The first-order valence-corrected chi connectivity index (χ1v) is 11.6. The zero-order valence-electron chi connectivity index (χ0n) is 19.0. The normalized spacial score (nSPS) is 10.7. The molecule has 0 atom stereocenters. The van der Waals surface area contributed by atoms with Crippen LogP contribution in [0.1, 0.15) is 50.7 Å². The Hall–Kier alpha value is -3.44. The molecule has 0 aliphatic rings. The van der Waals surface area contributed by atoms with Crippen molar-refractivity contribution in [2.24, 2.45) is 0 Å². The van der Waals surface area contributed by atoms with Crippen molar-refractivity contribution in [3.05, 3.63) is 83.9 Å². The van der Waals surface area contributed by atoms with Crippen LogP contribution in [0, 0.1) is 11.8 Å². The summed E-state index contributed by atoms with van der Waals surface area (Å²) < 4.78 is 11.6. The molecule has 0 aromatic heterocycles. The van der Waals surface area contributed by atoms with E-state index in [1.807, 2.05) is 12.1 Å². The summed E-state index contributed by atoms with van der Waals surface area (Å²) in [5, 5.41) is 4.70. The van der Waals surface area contributed by atoms with Crippen molar-refractivity contribution in [1.29, 1.82) is 0 Å². The largest absolute Gasteiger partial charge is 0.494 e. The van der Waals surface area contributed by atoms with E-state index in [-0.39, 0.29) is 0 Å². The van der Waals surface area contributed by atoms with Gasteiger partial charge in [0.05, 0.1) is 13.2 Å². The van der Waals surface area contributed by atoms with Gasteiger partial charge in [0.25, 0.3) is 0 Å². The Bertz CT molecular complexity index is 1160. The van der Waals surface area contributed by atoms with Crippen molar-refractivity contribution in [1.82, 2.24) is 0 Å². The Labute approximate surface area is 191 Å². The Morgan fingerprint density at radius 3 is 1.38 bits per heavy atom. The second-order valence-electron chi connectivity index (χ2n) is 8.10. The Kier molecular flexibility index (Phi) is 7.31. The number of benzene rings is 4. The number of unbranched alkanes of at least 4 members (excludes halogenated alkanes) is 2. The minimum atomic E-state index is 0.768. The van der Waals surface area contributed by atoms with Gasteiger partial charge in [-0.2, -0.15) is 0 Å². The molecule has 2 nitrogen and oxygen atoms in total. The zero-order chi connectivity index (χ0) is 22.2. The molecule has 0 radical (unpaired) electrons. The molecule has 0 saturated heterocycles. The molecule has 32 heavy (non-hydrogen) atoms. The molecule has 4 rings (SSSR count). The molecule has 0 amide bonds. The highest BCUT2D eigenvalue weighted by Crippen LogP contribution is 2.24. The maximum absolute atomic E-state index is 5.82. The van der Waals surface area contributed by atoms with Crippen molar-refractivity contribution in [3.63, 3.8) is 0 Å². The Balaban J connectivity index is 1.49. The second-order valence-corrected chi connectivity index (χ2v) is 8.10. The zero-order valence-corrected chi connectivity index (χ0v) is 19.0. The SMILES string of the molecule is CCCCOc1ccc2cc(C#Cc3ccc4cc(OCCCC)ccc4c3)ccc2c1. The van der Waals surface area contributed by atoms with Crippen molar-refractivity contribution < 1.29 is 9.47 Å². The number of hydrogen-bond donors (Lipinski definition) is 0. The summed E-state index contributed by atoms with van der Waals surface area (Å²) in [5.74, 6) is 8.49. The Morgan fingerprint density at radius 2 is 0.938 bits per heavy atom. The number of rotatable bonds is 8. The van der Waals surface area contributed by atoms with Crippen LogP contribution >= 0.6 is 0 Å². The predicted molar refractivity (Wildman–Crippen MR) is 135 cm³/mol. The van der Waals surface area contributed by atoms with Crippen LogP contribution in [0.4, 0.5) is 0 Å². The smallest absolute Gasteiger partial charge is 0.119 e. The summed E-state index contributed by atoms with van der Waals surface area (Å²) >= 11 is 0. The summed E-state index contributed by atoms with van der Waals surface area (Å²) in [6.07, 6.45) is 4.44. The average Bonchev–Trinajstić information content (AvgIpc) is 2.83. The molecule has 162 valence electrons. The summed E-state index contributed by atoms with van der Waals surface area (Å²) in [7, 11) is 0. The van der Waals surface area contributed by atoms with Crippen LogP contribution < -0.4 is 9.47 Å². The van der Waals surface area contributed by atoms with Crippen molar-refractivity contribution in [3.8, 4) is 23.3 Å². The fourth-order valence-electron chi connectivity index (χ4n) is 3.60. The first-order chi connectivity index (χ1) is 15.7. The van der Waals surface area contributed by atoms with E-state index in [0.717, 1.165) is 61.5 Å². The van der Waals surface area contributed by atoms with Crippen LogP contribution in [0.25, 0.3) is 21.5 Å². The molecule has 0 aliphatic heterocycles. The highest BCUT2D eigenvalue weighted by molar-refractivity contribution is 5.86. The van der Waals surface area contributed by atoms with Crippen molar-refractivity contribution in [2.75, 3.05) is 13.2 Å². The summed E-state index contributed by atoms with van der Waals surface area (Å²) in [6, 6.07) is 25.2. The summed E-state index contributed by atoms with van der Waals surface area (Å²) in [6.45, 7) is 5.88. The lowest BCUT2D eigenvalue weighted by Crippen LogP contribution is -1.96. The standard InChI is InChI=1S/C30H30O2/c1-3-5-17-31-29-15-13-25-19-23(9-11-27(25)21-29)7-8-24-10-12-28-22-30(32-18-6-4-2)16-14-26(28)20-24/h9-16,19-22H,3-6,17-18H2,1-2H3. The molecule has 0 N–H and O–H groups in total. The number of hydrogen-bond acceptors (Lipinski definition) is 2. The van der Waals surface area contributed by atoms with Crippen LogP contribution in [0.15, 0.2) is 72.8 Å². The van der Waals surface area contributed by atoms with Gasteiger partial charge < -0.3 is 9.47 Å². The lowest BCUT2D eigenvalue weighted by Gasteiger charge is -2.07. The van der Waals surface area contributed by atoms with E-state index in [0.29, 0.717) is 0 Å². The molecule has 0 saturated carbocycles. The fourth-order valence-corrected chi connectivity index (χ4v) is 3.60. The third-order valence-corrected chi connectivity index (χ3v) is 5.51. The van der Waals surface area contributed by atoms with Crippen molar-refractivity contribution >= 4 is 21.5 Å². The van der Waals surface area contributed by atoms with Gasteiger partial charge in [0.15, 0.2) is 0 Å². The van der Waals surface area contributed by atoms with Gasteiger partial charge in [-0.15, -0.1) is 0 Å². The molecular formula is C30H30O2. The van der Waals surface area contributed by atoms with Gasteiger partial charge >= 0.3 is 0 Å². The molecule has 0 aliphatic carbocycles. The van der Waals surface area contributed by atoms with E-state index in [1.165, 1.54) is 21.5 Å². The molecular weight excluding hydrogens is 392 g/mol. The second kappa shape index (κ2) is 10.7. The monoisotopic (exact) mass is 422 g/mol. The van der Waals surface area contributed by atoms with Crippen LogP contribution in [-0.4, -0.2) is 13.2 Å². The Morgan fingerprint density at radius 1 is 0.531 bits per heavy atom. The molecule has 0 fully saturated rings. The van der Waals surface area contributed by atoms with Gasteiger partial charge in [-0.1, -0.05) is 62.8 Å². The molecule has 4 aromatic rings. The molecule has 0 unspecified atom stereocenters. The van der Waals surface area contributed by atoms with Gasteiger partial charge in [-0.25, -0.2) is 0 Å². The topological polar surface area (TPSA) is 18.5 Å². The van der Waals surface area contributed by atoms with Gasteiger partial charge in [-0.3, -0.25) is 0 Å². The molecule has 0 heterocycles. The third kappa shape index (κ3) is 5.62. The first kappa shape index (κ1) is 21.8. The minimum Gasteiger partial charge on any atom is -0.494 e. The van der Waals surface area contributed by atoms with E-state index in [9.17, 15) is 0 Å². The highest BCUT2D eigenvalue weighted by Gasteiger charge is 2.01. The average molecular weight is 423 g/mol. The van der Waals surface area contributed by atoms with Crippen LogP contribution in [-0.2, 0) is 0 Å².